The van der Waals surface area contributed by atoms with Gasteiger partial charge in [0, 0.05) is 17.7 Å². The molecule has 1 amide bonds. The molecule has 1 N–H and O–H groups in total. The molecule has 0 radical (unpaired) electrons. The number of rotatable bonds is 4. The number of hydrogen-bond donors (Lipinski definition) is 1. The monoisotopic (exact) mass is 422 g/mol. The summed E-state index contributed by atoms with van der Waals surface area (Å²) in [6.45, 7) is 1.71. The molecule has 0 aliphatic carbocycles. The van der Waals surface area contributed by atoms with Crippen LogP contribution in [-0.2, 0) is 9.59 Å². The van der Waals surface area contributed by atoms with Gasteiger partial charge in [-0.1, -0.05) is 41.7 Å². The molecule has 1 unspecified atom stereocenters. The number of non-ortho nitro benzene ring substituents is 1. The molecule has 9 nitrogen and oxygen atoms in total. The van der Waals surface area contributed by atoms with Crippen LogP contribution in [0.25, 0.3) is 5.76 Å². The molecule has 30 heavy (non-hydrogen) atoms. The van der Waals surface area contributed by atoms with Gasteiger partial charge in [-0.25, -0.2) is 0 Å². The number of carbonyl (C=O) groups excluding carboxylic acids is 2. The Morgan fingerprint density at radius 2 is 1.77 bits per heavy atom. The molecular formula is C20H14N4O5S. The number of carbonyl (C=O) groups is 2. The molecule has 0 saturated carbocycles. The minimum atomic E-state index is -1.00. The predicted octanol–water partition coefficient (Wildman–Crippen LogP) is 3.38. The van der Waals surface area contributed by atoms with Gasteiger partial charge in [0.1, 0.15) is 10.8 Å². The summed E-state index contributed by atoms with van der Waals surface area (Å²) >= 11 is 1.13. The lowest BCUT2D eigenvalue weighted by Gasteiger charge is -2.22. The lowest BCUT2D eigenvalue weighted by molar-refractivity contribution is -0.384. The maximum Gasteiger partial charge on any atom is 0.301 e. The molecular weight excluding hydrogens is 408 g/mol. The Hall–Kier alpha value is -3.92. The van der Waals surface area contributed by atoms with Crippen LogP contribution in [0.1, 0.15) is 22.2 Å². The number of anilines is 1. The molecule has 1 fully saturated rings. The van der Waals surface area contributed by atoms with Crippen molar-refractivity contribution in [1.82, 2.24) is 10.2 Å². The van der Waals surface area contributed by atoms with E-state index in [2.05, 4.69) is 10.2 Å². The van der Waals surface area contributed by atoms with E-state index in [1.165, 1.54) is 29.2 Å². The first kappa shape index (κ1) is 19.4. The number of aromatic nitrogens is 2. The predicted molar refractivity (Wildman–Crippen MR) is 109 cm³/mol. The molecule has 0 bridgehead atoms. The quantitative estimate of drug-likeness (QED) is 0.224. The second-order valence-corrected chi connectivity index (χ2v) is 7.65. The maximum absolute atomic E-state index is 12.9. The van der Waals surface area contributed by atoms with Crippen molar-refractivity contribution in [2.75, 3.05) is 4.90 Å². The second kappa shape index (κ2) is 7.48. The zero-order valence-corrected chi connectivity index (χ0v) is 16.4. The summed E-state index contributed by atoms with van der Waals surface area (Å²) in [5.41, 5.74) is 0.541. The fourth-order valence-corrected chi connectivity index (χ4v) is 3.97. The largest absolute Gasteiger partial charge is 0.507 e. The van der Waals surface area contributed by atoms with E-state index in [0.29, 0.717) is 16.1 Å². The Balaban J connectivity index is 1.93. The van der Waals surface area contributed by atoms with Crippen LogP contribution in [0.15, 0.2) is 60.2 Å². The third-order valence-corrected chi connectivity index (χ3v) is 5.47. The lowest BCUT2D eigenvalue weighted by Crippen LogP contribution is -2.29. The zero-order chi connectivity index (χ0) is 21.4. The average Bonchev–Trinajstić information content (AvgIpc) is 3.29. The molecule has 1 aliphatic rings. The van der Waals surface area contributed by atoms with Crippen molar-refractivity contribution >= 4 is 39.6 Å². The lowest BCUT2D eigenvalue weighted by atomic mass is 9.95. The normalized spacial score (nSPS) is 18.0. The van der Waals surface area contributed by atoms with Gasteiger partial charge in [-0.05, 0) is 24.6 Å². The summed E-state index contributed by atoms with van der Waals surface area (Å²) in [4.78, 5) is 37.4. The maximum atomic E-state index is 12.9. The molecule has 0 spiro atoms. The van der Waals surface area contributed by atoms with Crippen LogP contribution in [0.3, 0.4) is 0 Å². The Morgan fingerprint density at radius 1 is 1.10 bits per heavy atom. The van der Waals surface area contributed by atoms with Gasteiger partial charge in [-0.15, -0.1) is 10.2 Å². The molecule has 2 heterocycles. The average molecular weight is 422 g/mol. The van der Waals surface area contributed by atoms with E-state index < -0.39 is 22.7 Å². The molecule has 4 rings (SSSR count). The SMILES string of the molecule is Cc1nnc(N2C(=O)C(=O)C(=C(O)c3ccccc3)C2c2ccc([N+](=O)[O-])cc2)s1. The van der Waals surface area contributed by atoms with Crippen LogP contribution in [-0.4, -0.2) is 31.9 Å². The number of nitro benzene ring substituents is 1. The van der Waals surface area contributed by atoms with Crippen molar-refractivity contribution in [3.63, 3.8) is 0 Å². The molecule has 3 aromatic rings. The molecule has 150 valence electrons. The molecule has 10 heteroatoms. The van der Waals surface area contributed by atoms with Crippen LogP contribution >= 0.6 is 11.3 Å². The second-order valence-electron chi connectivity index (χ2n) is 6.49. The topological polar surface area (TPSA) is 127 Å². The van der Waals surface area contributed by atoms with Gasteiger partial charge < -0.3 is 5.11 Å². The molecule has 1 atom stereocenters. The summed E-state index contributed by atoms with van der Waals surface area (Å²) in [5.74, 6) is -2.06. The number of aliphatic hydroxyl groups excluding tert-OH is 1. The summed E-state index contributed by atoms with van der Waals surface area (Å²) in [6.07, 6.45) is 0. The van der Waals surface area contributed by atoms with Crippen molar-refractivity contribution in [3.8, 4) is 0 Å². The Labute approximate surface area is 174 Å². The number of nitro groups is 1. The fraction of sp³-hybridized carbons (Fsp3) is 0.100. The number of hydrogen-bond acceptors (Lipinski definition) is 8. The van der Waals surface area contributed by atoms with Crippen LogP contribution in [0.5, 0.6) is 0 Å². The van der Waals surface area contributed by atoms with Gasteiger partial charge in [0.2, 0.25) is 5.13 Å². The standard InChI is InChI=1S/C20H14N4O5S/c1-11-21-22-20(30-11)23-16(12-7-9-14(10-8-12)24(28)29)15(18(26)19(23)27)17(25)13-5-3-2-4-6-13/h2-10,16,25H,1H3. The number of amides is 1. The van der Waals surface area contributed by atoms with Crippen LogP contribution < -0.4 is 4.90 Å². The van der Waals surface area contributed by atoms with Crippen molar-refractivity contribution in [2.45, 2.75) is 13.0 Å². The zero-order valence-electron chi connectivity index (χ0n) is 15.6. The summed E-state index contributed by atoms with van der Waals surface area (Å²) in [6, 6.07) is 12.8. The van der Waals surface area contributed by atoms with Crippen molar-refractivity contribution < 1.29 is 19.6 Å². The first-order valence-electron chi connectivity index (χ1n) is 8.79. The first-order valence-corrected chi connectivity index (χ1v) is 9.61. The summed E-state index contributed by atoms with van der Waals surface area (Å²) in [7, 11) is 0. The Bertz CT molecular complexity index is 1190. The number of benzene rings is 2. The Morgan fingerprint density at radius 3 is 2.33 bits per heavy atom. The third kappa shape index (κ3) is 3.22. The highest BCUT2D eigenvalue weighted by Crippen LogP contribution is 2.43. The van der Waals surface area contributed by atoms with Gasteiger partial charge in [0.25, 0.3) is 11.5 Å². The molecule has 1 saturated heterocycles. The molecule has 1 aromatic heterocycles. The van der Waals surface area contributed by atoms with E-state index in [-0.39, 0.29) is 22.2 Å². The third-order valence-electron chi connectivity index (χ3n) is 4.63. The van der Waals surface area contributed by atoms with E-state index in [1.807, 2.05) is 0 Å². The van der Waals surface area contributed by atoms with Crippen LogP contribution in [0, 0.1) is 17.0 Å². The highest BCUT2D eigenvalue weighted by atomic mass is 32.1. The van der Waals surface area contributed by atoms with Crippen molar-refractivity contribution in [2.24, 2.45) is 0 Å². The first-order chi connectivity index (χ1) is 14.4. The summed E-state index contributed by atoms with van der Waals surface area (Å²) < 4.78 is 0. The van der Waals surface area contributed by atoms with Gasteiger partial charge in [-0.3, -0.25) is 24.6 Å². The van der Waals surface area contributed by atoms with Crippen molar-refractivity contribution in [3.05, 3.63) is 86.4 Å². The highest BCUT2D eigenvalue weighted by molar-refractivity contribution is 7.15. The van der Waals surface area contributed by atoms with Gasteiger partial charge >= 0.3 is 5.91 Å². The minimum absolute atomic E-state index is 0.118. The molecule has 2 aromatic carbocycles. The minimum Gasteiger partial charge on any atom is -0.507 e. The van der Waals surface area contributed by atoms with Crippen molar-refractivity contribution in [1.29, 1.82) is 0 Å². The number of aliphatic hydroxyl groups is 1. The Kier molecular flexibility index (Phi) is 4.84. The number of nitrogens with zero attached hydrogens (tertiary/aromatic N) is 4. The highest BCUT2D eigenvalue weighted by Gasteiger charge is 2.48. The van der Waals surface area contributed by atoms with Crippen LogP contribution in [0.4, 0.5) is 10.8 Å². The van der Waals surface area contributed by atoms with E-state index in [1.54, 1.807) is 37.3 Å². The number of Topliss-reactive ketones (excluding diaryl/α,β-unsaturated/α-hetero) is 1. The van der Waals surface area contributed by atoms with E-state index in [4.69, 9.17) is 0 Å². The van der Waals surface area contributed by atoms with E-state index in [0.717, 1.165) is 11.3 Å². The number of ketones is 1. The van der Waals surface area contributed by atoms with Crippen LogP contribution in [0.2, 0.25) is 0 Å². The molecule has 1 aliphatic heterocycles. The van der Waals surface area contributed by atoms with E-state index in [9.17, 15) is 24.8 Å². The number of aryl methyl sites for hydroxylation is 1. The van der Waals surface area contributed by atoms with E-state index >= 15 is 0 Å². The van der Waals surface area contributed by atoms with Gasteiger partial charge in [-0.2, -0.15) is 0 Å². The fourth-order valence-electron chi connectivity index (χ4n) is 3.26. The smallest absolute Gasteiger partial charge is 0.301 e. The van der Waals surface area contributed by atoms with Gasteiger partial charge in [0.05, 0.1) is 16.5 Å². The van der Waals surface area contributed by atoms with Gasteiger partial charge in [0.15, 0.2) is 0 Å². The summed E-state index contributed by atoms with van der Waals surface area (Å²) in [5, 5.41) is 30.6.